The van der Waals surface area contributed by atoms with Crippen molar-refractivity contribution in [2.45, 2.75) is 42.8 Å². The average Bonchev–Trinajstić information content (AvgIpc) is 2.76. The SMILES string of the molecule is C[C@H]1CN(CC(=O)N2CCCCCC2)c2ccccc2S1. The second-order valence-corrected chi connectivity index (χ2v) is 7.55. The van der Waals surface area contributed by atoms with Crippen molar-refractivity contribution < 1.29 is 4.79 Å². The minimum Gasteiger partial charge on any atom is -0.360 e. The molecule has 0 aliphatic carbocycles. The molecule has 4 heteroatoms. The number of carbonyl (C=O) groups is 1. The van der Waals surface area contributed by atoms with E-state index in [1.54, 1.807) is 0 Å². The lowest BCUT2D eigenvalue weighted by Crippen LogP contribution is -2.44. The molecule has 0 bridgehead atoms. The quantitative estimate of drug-likeness (QED) is 0.837. The summed E-state index contributed by atoms with van der Waals surface area (Å²) >= 11 is 1.92. The Morgan fingerprint density at radius 3 is 2.67 bits per heavy atom. The molecule has 0 saturated carbocycles. The van der Waals surface area contributed by atoms with Crippen LogP contribution in [0.4, 0.5) is 5.69 Å². The van der Waals surface area contributed by atoms with Gasteiger partial charge >= 0.3 is 0 Å². The maximum absolute atomic E-state index is 12.6. The summed E-state index contributed by atoms with van der Waals surface area (Å²) in [7, 11) is 0. The Morgan fingerprint density at radius 2 is 1.90 bits per heavy atom. The van der Waals surface area contributed by atoms with E-state index in [2.05, 4.69) is 41.0 Å². The van der Waals surface area contributed by atoms with Crippen LogP contribution in [-0.2, 0) is 4.79 Å². The molecule has 1 aromatic carbocycles. The predicted molar refractivity (Wildman–Crippen MR) is 89.0 cm³/mol. The molecule has 0 aromatic heterocycles. The maximum Gasteiger partial charge on any atom is 0.242 e. The van der Waals surface area contributed by atoms with Crippen LogP contribution >= 0.6 is 11.8 Å². The van der Waals surface area contributed by atoms with E-state index in [0.717, 1.165) is 32.5 Å². The fourth-order valence-electron chi connectivity index (χ4n) is 3.21. The molecule has 0 N–H and O–H groups in total. The van der Waals surface area contributed by atoms with Gasteiger partial charge in [-0.1, -0.05) is 31.9 Å². The molecule has 1 atom stereocenters. The number of anilines is 1. The lowest BCUT2D eigenvalue weighted by atomic mass is 10.2. The van der Waals surface area contributed by atoms with Crippen molar-refractivity contribution in [1.82, 2.24) is 4.90 Å². The van der Waals surface area contributed by atoms with Crippen LogP contribution < -0.4 is 4.90 Å². The first-order valence-corrected chi connectivity index (χ1v) is 8.90. The summed E-state index contributed by atoms with van der Waals surface area (Å²) < 4.78 is 0. The Hall–Kier alpha value is -1.16. The normalized spacial score (nSPS) is 22.6. The van der Waals surface area contributed by atoms with Gasteiger partial charge in [-0.15, -0.1) is 11.8 Å². The summed E-state index contributed by atoms with van der Waals surface area (Å²) in [6.07, 6.45) is 4.86. The van der Waals surface area contributed by atoms with Crippen LogP contribution in [0, 0.1) is 0 Å². The summed E-state index contributed by atoms with van der Waals surface area (Å²) in [4.78, 5) is 18.3. The smallest absolute Gasteiger partial charge is 0.242 e. The zero-order valence-corrected chi connectivity index (χ0v) is 13.6. The molecule has 2 aliphatic heterocycles. The molecular formula is C17H24N2OS. The molecule has 0 spiro atoms. The van der Waals surface area contributed by atoms with Crippen molar-refractivity contribution in [2.24, 2.45) is 0 Å². The average molecular weight is 304 g/mol. The van der Waals surface area contributed by atoms with E-state index in [1.807, 2.05) is 11.8 Å². The van der Waals surface area contributed by atoms with Gasteiger partial charge in [0.1, 0.15) is 0 Å². The van der Waals surface area contributed by atoms with Crippen molar-refractivity contribution in [1.29, 1.82) is 0 Å². The standard InChI is InChI=1S/C17H24N2OS/c1-14-12-19(15-8-4-5-9-16(15)21-14)13-17(20)18-10-6-2-3-7-11-18/h4-5,8-9,14H,2-3,6-7,10-13H2,1H3/t14-/m0/s1. The molecule has 1 aromatic rings. The number of hydrogen-bond acceptors (Lipinski definition) is 3. The van der Waals surface area contributed by atoms with Gasteiger partial charge in [-0.25, -0.2) is 0 Å². The van der Waals surface area contributed by atoms with Crippen LogP contribution in [0.1, 0.15) is 32.6 Å². The third-order valence-corrected chi connectivity index (χ3v) is 5.45. The van der Waals surface area contributed by atoms with E-state index in [4.69, 9.17) is 0 Å². The van der Waals surface area contributed by atoms with Crippen molar-refractivity contribution in [2.75, 3.05) is 31.1 Å². The number of rotatable bonds is 2. The Bertz CT molecular complexity index is 497. The fraction of sp³-hybridized carbons (Fsp3) is 0.588. The second kappa shape index (κ2) is 6.73. The summed E-state index contributed by atoms with van der Waals surface area (Å²) in [5.74, 6) is 0.297. The third kappa shape index (κ3) is 3.54. The number of benzene rings is 1. The van der Waals surface area contributed by atoms with Crippen molar-refractivity contribution in [3.05, 3.63) is 24.3 Å². The van der Waals surface area contributed by atoms with Crippen LogP contribution in [0.2, 0.25) is 0 Å². The topological polar surface area (TPSA) is 23.6 Å². The highest BCUT2D eigenvalue weighted by molar-refractivity contribution is 8.00. The fourth-order valence-corrected chi connectivity index (χ4v) is 4.38. The number of hydrogen-bond donors (Lipinski definition) is 0. The Labute approximate surface area is 131 Å². The largest absolute Gasteiger partial charge is 0.360 e. The molecular weight excluding hydrogens is 280 g/mol. The van der Waals surface area contributed by atoms with E-state index >= 15 is 0 Å². The third-order valence-electron chi connectivity index (χ3n) is 4.30. The van der Waals surface area contributed by atoms with Gasteiger partial charge in [-0.2, -0.15) is 0 Å². The zero-order chi connectivity index (χ0) is 14.7. The number of fused-ring (bicyclic) bond motifs is 1. The molecule has 1 amide bonds. The summed E-state index contributed by atoms with van der Waals surface area (Å²) in [5.41, 5.74) is 1.23. The van der Waals surface area contributed by atoms with Gasteiger partial charge < -0.3 is 9.80 Å². The highest BCUT2D eigenvalue weighted by Gasteiger charge is 2.25. The first-order valence-electron chi connectivity index (χ1n) is 8.02. The van der Waals surface area contributed by atoms with Crippen LogP contribution in [0.15, 0.2) is 29.2 Å². The number of likely N-dealkylation sites (tertiary alicyclic amines) is 1. The van der Waals surface area contributed by atoms with Gasteiger partial charge in [0, 0.05) is 29.8 Å². The van der Waals surface area contributed by atoms with E-state index in [9.17, 15) is 4.79 Å². The van der Waals surface area contributed by atoms with Gasteiger partial charge in [0.05, 0.1) is 12.2 Å². The summed E-state index contributed by atoms with van der Waals surface area (Å²) in [5, 5.41) is 0.539. The number of carbonyl (C=O) groups excluding carboxylic acids is 1. The molecule has 2 aliphatic rings. The molecule has 2 heterocycles. The molecule has 3 rings (SSSR count). The van der Waals surface area contributed by atoms with Crippen molar-refractivity contribution in [3.63, 3.8) is 0 Å². The van der Waals surface area contributed by atoms with Crippen molar-refractivity contribution in [3.8, 4) is 0 Å². The summed E-state index contributed by atoms with van der Waals surface area (Å²) in [6, 6.07) is 8.46. The molecule has 1 saturated heterocycles. The van der Waals surface area contributed by atoms with E-state index in [1.165, 1.54) is 23.4 Å². The monoisotopic (exact) mass is 304 g/mol. The number of thioether (sulfide) groups is 1. The van der Waals surface area contributed by atoms with Gasteiger partial charge in [-0.3, -0.25) is 4.79 Å². The lowest BCUT2D eigenvalue weighted by Gasteiger charge is -2.35. The first kappa shape index (κ1) is 14.8. The number of para-hydroxylation sites is 1. The highest BCUT2D eigenvalue weighted by Crippen LogP contribution is 2.37. The molecule has 1 fully saturated rings. The Morgan fingerprint density at radius 1 is 1.19 bits per heavy atom. The minimum atomic E-state index is 0.297. The maximum atomic E-state index is 12.6. The van der Waals surface area contributed by atoms with E-state index in [-0.39, 0.29) is 0 Å². The minimum absolute atomic E-state index is 0.297. The number of nitrogens with zero attached hydrogens (tertiary/aromatic N) is 2. The Kier molecular flexibility index (Phi) is 4.73. The first-order chi connectivity index (χ1) is 10.2. The second-order valence-electron chi connectivity index (χ2n) is 6.07. The van der Waals surface area contributed by atoms with Gasteiger partial charge in [-0.05, 0) is 25.0 Å². The lowest BCUT2D eigenvalue weighted by molar-refractivity contribution is -0.129. The van der Waals surface area contributed by atoms with Gasteiger partial charge in [0.2, 0.25) is 5.91 Å². The van der Waals surface area contributed by atoms with Crippen LogP contribution in [-0.4, -0.2) is 42.2 Å². The van der Waals surface area contributed by atoms with Gasteiger partial charge in [0.15, 0.2) is 0 Å². The molecule has 114 valence electrons. The van der Waals surface area contributed by atoms with Crippen LogP contribution in [0.25, 0.3) is 0 Å². The van der Waals surface area contributed by atoms with Crippen molar-refractivity contribution >= 4 is 23.4 Å². The molecule has 0 radical (unpaired) electrons. The van der Waals surface area contributed by atoms with E-state index < -0.39 is 0 Å². The molecule has 3 nitrogen and oxygen atoms in total. The number of amides is 1. The molecule has 21 heavy (non-hydrogen) atoms. The van der Waals surface area contributed by atoms with Crippen LogP contribution in [0.5, 0.6) is 0 Å². The predicted octanol–water partition coefficient (Wildman–Crippen LogP) is 3.39. The highest BCUT2D eigenvalue weighted by atomic mass is 32.2. The Balaban J connectivity index is 1.70. The zero-order valence-electron chi connectivity index (χ0n) is 12.8. The van der Waals surface area contributed by atoms with E-state index in [0.29, 0.717) is 17.7 Å². The van der Waals surface area contributed by atoms with Gasteiger partial charge in [0.25, 0.3) is 0 Å². The molecule has 0 unspecified atom stereocenters. The summed E-state index contributed by atoms with van der Waals surface area (Å²) in [6.45, 7) is 5.62. The van der Waals surface area contributed by atoms with Crippen LogP contribution in [0.3, 0.4) is 0 Å².